The quantitative estimate of drug-likeness (QED) is 0.343. The predicted molar refractivity (Wildman–Crippen MR) is 64.4 cm³/mol. The van der Waals surface area contributed by atoms with E-state index in [1.165, 1.54) is 0 Å². The molecule has 1 fully saturated rings. The van der Waals surface area contributed by atoms with Crippen LogP contribution < -0.4 is 10.6 Å². The molecule has 0 aliphatic carbocycles. The molecule has 1 unspecified atom stereocenters. The molecule has 6 nitrogen and oxygen atoms in total. The van der Waals surface area contributed by atoms with E-state index >= 15 is 0 Å². The number of ether oxygens (including phenoxy) is 1. The van der Waals surface area contributed by atoms with Crippen LogP contribution in [0.5, 0.6) is 0 Å². The van der Waals surface area contributed by atoms with E-state index in [0.717, 1.165) is 25.3 Å². The van der Waals surface area contributed by atoms with E-state index in [4.69, 9.17) is 15.7 Å². The normalized spacial score (nSPS) is 20.5. The minimum absolute atomic E-state index is 0.0166. The molecule has 92 valence electrons. The third-order valence-electron chi connectivity index (χ3n) is 2.97. The molecule has 0 radical (unpaired) electrons. The van der Waals surface area contributed by atoms with E-state index in [-0.39, 0.29) is 5.84 Å². The summed E-state index contributed by atoms with van der Waals surface area (Å²) in [7, 11) is 2.00. The number of amidine groups is 1. The van der Waals surface area contributed by atoms with Crippen molar-refractivity contribution in [1.82, 2.24) is 4.98 Å². The Morgan fingerprint density at radius 2 is 2.53 bits per heavy atom. The van der Waals surface area contributed by atoms with E-state index in [1.807, 2.05) is 13.1 Å². The van der Waals surface area contributed by atoms with Crippen LogP contribution in [0.25, 0.3) is 0 Å². The van der Waals surface area contributed by atoms with Crippen molar-refractivity contribution in [2.45, 2.75) is 12.5 Å². The van der Waals surface area contributed by atoms with E-state index in [0.29, 0.717) is 11.7 Å². The summed E-state index contributed by atoms with van der Waals surface area (Å²) in [6.07, 6.45) is 2.66. The molecule has 1 aromatic rings. The topological polar surface area (TPSA) is 84.0 Å². The van der Waals surface area contributed by atoms with Gasteiger partial charge in [-0.2, -0.15) is 0 Å². The van der Waals surface area contributed by atoms with Crippen LogP contribution in [0.1, 0.15) is 12.1 Å². The number of anilines is 1. The van der Waals surface area contributed by atoms with E-state index < -0.39 is 0 Å². The zero-order valence-electron chi connectivity index (χ0n) is 9.71. The molecule has 0 aromatic carbocycles. The summed E-state index contributed by atoms with van der Waals surface area (Å²) < 4.78 is 5.35. The molecule has 0 saturated carbocycles. The first kappa shape index (κ1) is 11.7. The lowest BCUT2D eigenvalue weighted by Gasteiger charge is -2.25. The first-order valence-corrected chi connectivity index (χ1v) is 5.47. The molecule has 1 aliphatic heterocycles. The maximum atomic E-state index is 8.62. The molecule has 2 rings (SSSR count). The second kappa shape index (κ2) is 5.01. The van der Waals surface area contributed by atoms with Gasteiger partial charge in [-0.05, 0) is 18.6 Å². The van der Waals surface area contributed by atoms with Crippen LogP contribution in [-0.4, -0.2) is 42.3 Å². The lowest BCUT2D eigenvalue weighted by Crippen LogP contribution is -2.32. The summed E-state index contributed by atoms with van der Waals surface area (Å²) in [5.74, 6) is 0.0166. The smallest absolute Gasteiger partial charge is 0.188 e. The number of oxime groups is 1. The second-order valence-electron chi connectivity index (χ2n) is 4.01. The monoisotopic (exact) mass is 236 g/mol. The van der Waals surface area contributed by atoms with Gasteiger partial charge in [-0.3, -0.25) is 4.98 Å². The molecule has 0 bridgehead atoms. The number of nitrogens with two attached hydrogens (primary N) is 1. The van der Waals surface area contributed by atoms with Gasteiger partial charge < -0.3 is 20.6 Å². The highest BCUT2D eigenvalue weighted by atomic mass is 16.5. The average Bonchev–Trinajstić information content (AvgIpc) is 2.91. The molecule has 1 atom stereocenters. The summed E-state index contributed by atoms with van der Waals surface area (Å²) in [4.78, 5) is 6.17. The van der Waals surface area contributed by atoms with Gasteiger partial charge in [0.1, 0.15) is 5.69 Å². The van der Waals surface area contributed by atoms with Crippen molar-refractivity contribution >= 4 is 11.5 Å². The fourth-order valence-corrected chi connectivity index (χ4v) is 1.87. The number of aromatic nitrogens is 1. The Hall–Kier alpha value is -1.82. The molecule has 1 aromatic heterocycles. The highest BCUT2D eigenvalue weighted by Crippen LogP contribution is 2.20. The van der Waals surface area contributed by atoms with Crippen molar-refractivity contribution in [1.29, 1.82) is 0 Å². The van der Waals surface area contributed by atoms with Gasteiger partial charge in [-0.25, -0.2) is 0 Å². The summed E-state index contributed by atoms with van der Waals surface area (Å²) in [6, 6.07) is 4.07. The molecule has 6 heteroatoms. The Morgan fingerprint density at radius 3 is 3.18 bits per heavy atom. The third-order valence-corrected chi connectivity index (χ3v) is 2.97. The van der Waals surface area contributed by atoms with Crippen molar-refractivity contribution in [3.8, 4) is 0 Å². The van der Waals surface area contributed by atoms with Crippen molar-refractivity contribution < 1.29 is 9.94 Å². The van der Waals surface area contributed by atoms with Gasteiger partial charge in [0.2, 0.25) is 0 Å². The first-order valence-electron chi connectivity index (χ1n) is 5.47. The largest absolute Gasteiger partial charge is 0.409 e. The highest BCUT2D eigenvalue weighted by Gasteiger charge is 2.20. The molecule has 3 N–H and O–H groups in total. The summed E-state index contributed by atoms with van der Waals surface area (Å²) in [6.45, 7) is 1.53. The molecule has 0 amide bonds. The lowest BCUT2D eigenvalue weighted by molar-refractivity contribution is 0.193. The maximum absolute atomic E-state index is 8.62. The van der Waals surface area contributed by atoms with Gasteiger partial charge in [0.25, 0.3) is 0 Å². The van der Waals surface area contributed by atoms with Gasteiger partial charge in [-0.1, -0.05) is 5.16 Å². The number of nitrogens with zero attached hydrogens (tertiary/aromatic N) is 3. The Bertz CT molecular complexity index is 416. The van der Waals surface area contributed by atoms with E-state index in [1.54, 1.807) is 12.3 Å². The highest BCUT2D eigenvalue weighted by molar-refractivity contribution is 5.95. The van der Waals surface area contributed by atoms with Crippen LogP contribution in [0.4, 0.5) is 5.69 Å². The van der Waals surface area contributed by atoms with Crippen LogP contribution >= 0.6 is 0 Å². The molecular weight excluding hydrogens is 220 g/mol. The van der Waals surface area contributed by atoms with Crippen LogP contribution in [0.2, 0.25) is 0 Å². The maximum Gasteiger partial charge on any atom is 0.188 e. The van der Waals surface area contributed by atoms with Crippen molar-refractivity contribution in [2.24, 2.45) is 10.9 Å². The van der Waals surface area contributed by atoms with Crippen LogP contribution in [0.15, 0.2) is 23.5 Å². The van der Waals surface area contributed by atoms with Crippen LogP contribution in [0, 0.1) is 0 Å². The zero-order chi connectivity index (χ0) is 12.3. The van der Waals surface area contributed by atoms with Gasteiger partial charge in [0.05, 0.1) is 12.6 Å². The lowest BCUT2D eigenvalue weighted by atomic mass is 10.2. The summed E-state index contributed by atoms with van der Waals surface area (Å²) in [5, 5.41) is 11.6. The average molecular weight is 236 g/mol. The van der Waals surface area contributed by atoms with Crippen molar-refractivity contribution in [3.63, 3.8) is 0 Å². The van der Waals surface area contributed by atoms with Crippen molar-refractivity contribution in [2.75, 3.05) is 25.2 Å². The molecule has 0 spiro atoms. The Labute approximate surface area is 99.7 Å². The fraction of sp³-hybridized carbons (Fsp3) is 0.455. The first-order chi connectivity index (χ1) is 8.22. The number of hydrogen-bond acceptors (Lipinski definition) is 5. The Kier molecular flexibility index (Phi) is 3.43. The molecule has 1 aliphatic rings. The van der Waals surface area contributed by atoms with Gasteiger partial charge in [0.15, 0.2) is 5.84 Å². The van der Waals surface area contributed by atoms with Gasteiger partial charge >= 0.3 is 0 Å². The minimum atomic E-state index is 0.0166. The zero-order valence-corrected chi connectivity index (χ0v) is 9.71. The van der Waals surface area contributed by atoms with Crippen LogP contribution in [-0.2, 0) is 4.74 Å². The van der Waals surface area contributed by atoms with E-state index in [2.05, 4.69) is 15.0 Å². The molecule has 2 heterocycles. The standard InChI is InChI=1S/C11H16N4O2/c1-15(9-3-5-17-7-9)8-2-4-13-10(6-8)11(12)14-16/h2,4,6,9,16H,3,5,7H2,1H3,(H2,12,14). The molecule has 1 saturated heterocycles. The fourth-order valence-electron chi connectivity index (χ4n) is 1.87. The minimum Gasteiger partial charge on any atom is -0.409 e. The van der Waals surface area contributed by atoms with Gasteiger partial charge in [-0.15, -0.1) is 0 Å². The van der Waals surface area contributed by atoms with Crippen LogP contribution in [0.3, 0.4) is 0 Å². The summed E-state index contributed by atoms with van der Waals surface area (Å²) >= 11 is 0. The molecular formula is C11H16N4O2. The number of likely N-dealkylation sites (N-methyl/N-ethyl adjacent to an activating group) is 1. The molecule has 17 heavy (non-hydrogen) atoms. The predicted octanol–water partition coefficient (Wildman–Crippen LogP) is 0.401. The number of pyridine rings is 1. The van der Waals surface area contributed by atoms with Crippen molar-refractivity contribution in [3.05, 3.63) is 24.0 Å². The van der Waals surface area contributed by atoms with Gasteiger partial charge in [0, 0.05) is 25.5 Å². The number of rotatable bonds is 3. The SMILES string of the molecule is CN(c1ccnc(/C(N)=N/O)c1)C1CCOC1. The number of hydrogen-bond donors (Lipinski definition) is 2. The third kappa shape index (κ3) is 2.47. The Balaban J connectivity index is 2.20. The Morgan fingerprint density at radius 1 is 1.71 bits per heavy atom. The second-order valence-corrected chi connectivity index (χ2v) is 4.01. The van der Waals surface area contributed by atoms with E-state index in [9.17, 15) is 0 Å². The summed E-state index contributed by atoms with van der Waals surface area (Å²) in [5.41, 5.74) is 6.96.